The molecule has 0 heterocycles. The van der Waals surface area contributed by atoms with Crippen LogP contribution in [0, 0.1) is 0 Å². The van der Waals surface area contributed by atoms with Crippen LogP contribution < -0.4 is 10.5 Å². The van der Waals surface area contributed by atoms with Gasteiger partial charge in [0.25, 0.3) is 0 Å². The lowest BCUT2D eigenvalue weighted by atomic mass is 10.1. The number of carbonyl (C=O) groups is 1. The van der Waals surface area contributed by atoms with Crippen LogP contribution in [0.4, 0.5) is 18.9 Å². The molecule has 0 fully saturated rings. The molecule has 7 heteroatoms. The largest absolute Gasteiger partial charge is 0.489 e. The van der Waals surface area contributed by atoms with Crippen molar-refractivity contribution in [3.63, 3.8) is 0 Å². The van der Waals surface area contributed by atoms with E-state index in [-0.39, 0.29) is 35.8 Å². The maximum atomic E-state index is 13.0. The highest BCUT2D eigenvalue weighted by Gasteiger charge is 2.32. The number of benzene rings is 2. The zero-order chi connectivity index (χ0) is 17.7. The first kappa shape index (κ1) is 17.7. The standard InChI is InChI=1S/C17H16F3NO3/c1-2-23-16(22)12-7-13(21)9-14(8-12)24-10-11-5-3-4-6-15(11)17(18,19)20/h3-9H,2,10,21H2,1H3. The van der Waals surface area contributed by atoms with Crippen LogP contribution in [-0.4, -0.2) is 12.6 Å². The molecule has 0 atom stereocenters. The van der Waals surface area contributed by atoms with Gasteiger partial charge in [-0.15, -0.1) is 0 Å². The van der Waals surface area contributed by atoms with Crippen molar-refractivity contribution in [2.75, 3.05) is 12.3 Å². The molecular formula is C17H16F3NO3. The predicted octanol–water partition coefficient (Wildman–Crippen LogP) is 4.04. The Kier molecular flexibility index (Phi) is 5.33. The SMILES string of the molecule is CCOC(=O)c1cc(N)cc(OCc2ccccc2C(F)(F)F)c1. The van der Waals surface area contributed by atoms with Gasteiger partial charge in [-0.1, -0.05) is 18.2 Å². The fourth-order valence-electron chi connectivity index (χ4n) is 2.12. The van der Waals surface area contributed by atoms with Gasteiger partial charge in [0.15, 0.2) is 0 Å². The second-order valence-corrected chi connectivity index (χ2v) is 4.95. The van der Waals surface area contributed by atoms with E-state index < -0.39 is 17.7 Å². The van der Waals surface area contributed by atoms with Crippen LogP contribution in [0.15, 0.2) is 42.5 Å². The van der Waals surface area contributed by atoms with E-state index in [9.17, 15) is 18.0 Å². The first-order valence-corrected chi connectivity index (χ1v) is 7.17. The molecule has 0 aliphatic carbocycles. The Bertz CT molecular complexity index is 729. The third-order valence-corrected chi connectivity index (χ3v) is 3.16. The number of anilines is 1. The van der Waals surface area contributed by atoms with E-state index in [1.165, 1.54) is 36.4 Å². The second kappa shape index (κ2) is 7.25. The van der Waals surface area contributed by atoms with Crippen molar-refractivity contribution in [3.8, 4) is 5.75 Å². The van der Waals surface area contributed by atoms with Gasteiger partial charge in [-0.25, -0.2) is 4.79 Å². The number of nitrogen functional groups attached to an aromatic ring is 1. The molecule has 0 aliphatic heterocycles. The molecule has 0 radical (unpaired) electrons. The Morgan fingerprint density at radius 2 is 1.88 bits per heavy atom. The van der Waals surface area contributed by atoms with Gasteiger partial charge in [-0.3, -0.25) is 0 Å². The van der Waals surface area contributed by atoms with Crippen molar-refractivity contribution in [3.05, 3.63) is 59.2 Å². The molecule has 0 unspecified atom stereocenters. The maximum absolute atomic E-state index is 13.0. The van der Waals surface area contributed by atoms with Crippen molar-refractivity contribution in [2.24, 2.45) is 0 Å². The number of halogens is 3. The summed E-state index contributed by atoms with van der Waals surface area (Å²) in [6.07, 6.45) is -4.47. The molecule has 0 aliphatic rings. The minimum absolute atomic E-state index is 0.00916. The van der Waals surface area contributed by atoms with E-state index in [1.807, 2.05) is 0 Å². The van der Waals surface area contributed by atoms with Gasteiger partial charge >= 0.3 is 12.1 Å². The maximum Gasteiger partial charge on any atom is 0.416 e. The Balaban J connectivity index is 2.20. The van der Waals surface area contributed by atoms with Gasteiger partial charge in [0.2, 0.25) is 0 Å². The van der Waals surface area contributed by atoms with E-state index >= 15 is 0 Å². The fraction of sp³-hybridized carbons (Fsp3) is 0.235. The summed E-state index contributed by atoms with van der Waals surface area (Å²) in [7, 11) is 0. The highest BCUT2D eigenvalue weighted by atomic mass is 19.4. The predicted molar refractivity (Wildman–Crippen MR) is 82.6 cm³/mol. The quantitative estimate of drug-likeness (QED) is 0.660. The molecule has 24 heavy (non-hydrogen) atoms. The summed E-state index contributed by atoms with van der Waals surface area (Å²) < 4.78 is 49.1. The van der Waals surface area contributed by atoms with Gasteiger partial charge in [-0.2, -0.15) is 13.2 Å². The van der Waals surface area contributed by atoms with Gasteiger partial charge in [-0.05, 0) is 25.1 Å². The Labute approximate surface area is 137 Å². The van der Waals surface area contributed by atoms with Crippen molar-refractivity contribution in [2.45, 2.75) is 19.7 Å². The van der Waals surface area contributed by atoms with E-state index in [1.54, 1.807) is 6.92 Å². The molecule has 0 spiro atoms. The summed E-state index contributed by atoms with van der Waals surface area (Å²) in [5, 5.41) is 0. The van der Waals surface area contributed by atoms with E-state index in [2.05, 4.69) is 0 Å². The molecule has 4 nitrogen and oxygen atoms in total. The van der Waals surface area contributed by atoms with Crippen LogP contribution in [-0.2, 0) is 17.5 Å². The molecule has 0 amide bonds. The van der Waals surface area contributed by atoms with Crippen LogP contribution in [0.2, 0.25) is 0 Å². The van der Waals surface area contributed by atoms with Crippen molar-refractivity contribution >= 4 is 11.7 Å². The highest BCUT2D eigenvalue weighted by Crippen LogP contribution is 2.32. The lowest BCUT2D eigenvalue weighted by Gasteiger charge is -2.14. The van der Waals surface area contributed by atoms with Gasteiger partial charge < -0.3 is 15.2 Å². The second-order valence-electron chi connectivity index (χ2n) is 4.95. The summed E-state index contributed by atoms with van der Waals surface area (Å²) in [5.74, 6) is -0.389. The minimum Gasteiger partial charge on any atom is -0.489 e. The van der Waals surface area contributed by atoms with Crippen molar-refractivity contribution in [1.29, 1.82) is 0 Å². The number of carbonyl (C=O) groups excluding carboxylic acids is 1. The molecule has 2 rings (SSSR count). The molecule has 2 aromatic carbocycles. The van der Waals surface area contributed by atoms with Gasteiger partial charge in [0.1, 0.15) is 12.4 Å². The van der Waals surface area contributed by atoms with Crippen LogP contribution in [0.25, 0.3) is 0 Å². The molecule has 0 bridgehead atoms. The summed E-state index contributed by atoms with van der Waals surface area (Å²) >= 11 is 0. The molecule has 0 aromatic heterocycles. The number of ether oxygens (including phenoxy) is 2. The van der Waals surface area contributed by atoms with E-state index in [4.69, 9.17) is 15.2 Å². The zero-order valence-electron chi connectivity index (χ0n) is 12.9. The van der Waals surface area contributed by atoms with Crippen LogP contribution in [0.3, 0.4) is 0 Å². The number of nitrogens with two attached hydrogens (primary N) is 1. The van der Waals surface area contributed by atoms with Crippen molar-refractivity contribution in [1.82, 2.24) is 0 Å². The molecule has 0 saturated carbocycles. The first-order chi connectivity index (χ1) is 11.3. The minimum atomic E-state index is -4.47. The lowest BCUT2D eigenvalue weighted by molar-refractivity contribution is -0.138. The molecule has 128 valence electrons. The normalized spacial score (nSPS) is 11.2. The third-order valence-electron chi connectivity index (χ3n) is 3.16. The van der Waals surface area contributed by atoms with Crippen LogP contribution in [0.5, 0.6) is 5.75 Å². The highest BCUT2D eigenvalue weighted by molar-refractivity contribution is 5.91. The summed E-state index contributed by atoms with van der Waals surface area (Å²) in [5.41, 5.74) is 5.35. The zero-order valence-corrected chi connectivity index (χ0v) is 12.9. The van der Waals surface area contributed by atoms with Crippen molar-refractivity contribution < 1.29 is 27.4 Å². The lowest BCUT2D eigenvalue weighted by Crippen LogP contribution is -2.11. The van der Waals surface area contributed by atoms with Gasteiger partial charge in [0, 0.05) is 17.3 Å². The number of esters is 1. The molecule has 0 saturated heterocycles. The number of hydrogen-bond acceptors (Lipinski definition) is 4. The Hall–Kier alpha value is -2.70. The first-order valence-electron chi connectivity index (χ1n) is 7.17. The Morgan fingerprint density at radius 3 is 2.54 bits per heavy atom. The summed E-state index contributed by atoms with van der Waals surface area (Å²) in [6.45, 7) is 1.56. The van der Waals surface area contributed by atoms with Crippen LogP contribution in [0.1, 0.15) is 28.4 Å². The van der Waals surface area contributed by atoms with E-state index in [0.29, 0.717) is 0 Å². The number of alkyl halides is 3. The third kappa shape index (κ3) is 4.41. The number of rotatable bonds is 5. The Morgan fingerprint density at radius 1 is 1.17 bits per heavy atom. The monoisotopic (exact) mass is 339 g/mol. The smallest absolute Gasteiger partial charge is 0.416 e. The van der Waals surface area contributed by atoms with Crippen LogP contribution >= 0.6 is 0 Å². The summed E-state index contributed by atoms with van der Waals surface area (Å²) in [4.78, 5) is 11.7. The number of hydrogen-bond donors (Lipinski definition) is 1. The van der Waals surface area contributed by atoms with Gasteiger partial charge in [0.05, 0.1) is 17.7 Å². The molecule has 2 aromatic rings. The topological polar surface area (TPSA) is 61.5 Å². The fourth-order valence-corrected chi connectivity index (χ4v) is 2.12. The molecular weight excluding hydrogens is 323 g/mol. The summed E-state index contributed by atoms with van der Waals surface area (Å²) in [6, 6.07) is 9.35. The average molecular weight is 339 g/mol. The van der Waals surface area contributed by atoms with E-state index in [0.717, 1.165) is 6.07 Å². The average Bonchev–Trinajstić information content (AvgIpc) is 2.52. The molecule has 2 N–H and O–H groups in total.